The van der Waals surface area contributed by atoms with E-state index in [1.54, 1.807) is 7.11 Å². The highest BCUT2D eigenvalue weighted by Gasteiger charge is 2.44. The first-order valence-corrected chi connectivity index (χ1v) is 12.5. The molecule has 0 aromatic heterocycles. The Balaban J connectivity index is 2.61. The van der Waals surface area contributed by atoms with Crippen LogP contribution in [0.15, 0.2) is 0 Å². The van der Waals surface area contributed by atoms with Crippen LogP contribution in [0.5, 0.6) is 0 Å². The zero-order valence-electron chi connectivity index (χ0n) is 15.6. The Bertz CT molecular complexity index is 343. The number of hydrogen-bond acceptors (Lipinski definition) is 3. The Labute approximate surface area is 152 Å². The number of halogens is 1. The van der Waals surface area contributed by atoms with Crippen LogP contribution in [-0.4, -0.2) is 38.9 Å². The van der Waals surface area contributed by atoms with E-state index >= 15 is 0 Å². The first-order valence-electron chi connectivity index (χ1n) is 8.40. The minimum absolute atomic E-state index is 0.217. The van der Waals surface area contributed by atoms with Crippen LogP contribution < -0.4 is 0 Å². The van der Waals surface area contributed by atoms with Gasteiger partial charge in [-0.3, -0.25) is 0 Å². The van der Waals surface area contributed by atoms with Gasteiger partial charge in [0.2, 0.25) is 0 Å². The highest BCUT2D eigenvalue weighted by molar-refractivity contribution is 14.1. The van der Waals surface area contributed by atoms with E-state index in [1.807, 2.05) is 0 Å². The van der Waals surface area contributed by atoms with Crippen molar-refractivity contribution < 1.29 is 13.9 Å². The molecule has 0 saturated heterocycles. The molecule has 0 bridgehead atoms. The van der Waals surface area contributed by atoms with E-state index in [4.69, 9.17) is 13.9 Å². The predicted octanol–water partition coefficient (Wildman–Crippen LogP) is 5.09. The van der Waals surface area contributed by atoms with E-state index in [-0.39, 0.29) is 11.1 Å². The third-order valence-corrected chi connectivity index (χ3v) is 11.3. The number of ether oxygens (including phenoxy) is 2. The monoisotopic (exact) mass is 442 g/mol. The molecule has 0 amide bonds. The second-order valence-corrected chi connectivity index (χ2v) is 14.8. The predicted molar refractivity (Wildman–Crippen MR) is 104 cm³/mol. The van der Waals surface area contributed by atoms with Crippen LogP contribution in [0.3, 0.4) is 0 Å². The van der Waals surface area contributed by atoms with Gasteiger partial charge in [0.05, 0.1) is 6.10 Å². The largest absolute Gasteiger partial charge is 0.416 e. The molecule has 22 heavy (non-hydrogen) atoms. The average Bonchev–Trinajstić information content (AvgIpc) is 3.12. The van der Waals surface area contributed by atoms with Crippen molar-refractivity contribution in [2.45, 2.75) is 69.2 Å². The molecule has 0 unspecified atom stereocenters. The summed E-state index contributed by atoms with van der Waals surface area (Å²) in [5.74, 6) is 1.75. The van der Waals surface area contributed by atoms with Gasteiger partial charge in [-0.15, -0.1) is 0 Å². The normalized spacial score (nSPS) is 26.6. The van der Waals surface area contributed by atoms with Crippen LogP contribution in [-0.2, 0) is 13.9 Å². The van der Waals surface area contributed by atoms with E-state index in [1.165, 1.54) is 6.42 Å². The lowest BCUT2D eigenvalue weighted by atomic mass is 9.90. The summed E-state index contributed by atoms with van der Waals surface area (Å²) in [6.07, 6.45) is 1.54. The molecule has 132 valence electrons. The van der Waals surface area contributed by atoms with Crippen LogP contribution in [0.4, 0.5) is 0 Å². The highest BCUT2D eigenvalue weighted by atomic mass is 127. The van der Waals surface area contributed by atoms with Crippen LogP contribution >= 0.6 is 22.6 Å². The van der Waals surface area contributed by atoms with Crippen molar-refractivity contribution in [2.24, 2.45) is 17.8 Å². The first kappa shape index (κ1) is 20.9. The summed E-state index contributed by atoms with van der Waals surface area (Å²) in [5, 5.41) is 0.255. The third kappa shape index (κ3) is 5.72. The molecule has 1 aliphatic rings. The van der Waals surface area contributed by atoms with Crippen LogP contribution in [0.2, 0.25) is 18.1 Å². The molecule has 5 heteroatoms. The Kier molecular flexibility index (Phi) is 7.85. The maximum Gasteiger partial charge on any atom is 0.191 e. The van der Waals surface area contributed by atoms with Crippen molar-refractivity contribution in [3.63, 3.8) is 0 Å². The lowest BCUT2D eigenvalue weighted by Crippen LogP contribution is -2.44. The Morgan fingerprint density at radius 1 is 1.23 bits per heavy atom. The van der Waals surface area contributed by atoms with Gasteiger partial charge in [0.25, 0.3) is 0 Å². The standard InChI is InChI=1S/C17H35IO3Si/c1-12(10-21-22(7,8)17(3,4)5)16(20-11-19-6)13(2)14-9-15(14)18/h12-16H,9-11H2,1-8H3/t12-,13-,14-,15-,16-/m0/s1. The number of hydrogen-bond donors (Lipinski definition) is 0. The summed E-state index contributed by atoms with van der Waals surface area (Å²) >= 11 is 2.56. The maximum atomic E-state index is 6.41. The van der Waals surface area contributed by atoms with Crippen molar-refractivity contribution in [3.8, 4) is 0 Å². The highest BCUT2D eigenvalue weighted by Crippen LogP contribution is 2.46. The van der Waals surface area contributed by atoms with E-state index < -0.39 is 8.32 Å². The van der Waals surface area contributed by atoms with Gasteiger partial charge in [-0.2, -0.15) is 0 Å². The molecular weight excluding hydrogens is 407 g/mol. The fourth-order valence-corrected chi connectivity index (χ4v) is 4.96. The van der Waals surface area contributed by atoms with Crippen LogP contribution in [0.1, 0.15) is 41.0 Å². The fourth-order valence-electron chi connectivity index (χ4n) is 2.60. The van der Waals surface area contributed by atoms with Gasteiger partial charge in [0.1, 0.15) is 6.79 Å². The zero-order chi connectivity index (χ0) is 17.1. The van der Waals surface area contributed by atoms with Crippen molar-refractivity contribution >= 4 is 30.9 Å². The smallest absolute Gasteiger partial charge is 0.191 e. The second-order valence-electron chi connectivity index (χ2n) is 8.36. The fraction of sp³-hybridized carbons (Fsp3) is 1.00. The zero-order valence-corrected chi connectivity index (χ0v) is 18.8. The van der Waals surface area contributed by atoms with Gasteiger partial charge in [-0.1, -0.05) is 57.2 Å². The average molecular weight is 442 g/mol. The van der Waals surface area contributed by atoms with Crippen molar-refractivity contribution in [1.82, 2.24) is 0 Å². The number of methoxy groups -OCH3 is 1. The van der Waals surface area contributed by atoms with Crippen LogP contribution in [0, 0.1) is 17.8 Å². The molecule has 0 aliphatic heterocycles. The third-order valence-electron chi connectivity index (χ3n) is 5.40. The molecule has 0 heterocycles. The second kappa shape index (κ2) is 8.27. The molecule has 0 spiro atoms. The lowest BCUT2D eigenvalue weighted by Gasteiger charge is -2.38. The van der Waals surface area contributed by atoms with E-state index in [0.717, 1.165) is 16.4 Å². The Morgan fingerprint density at radius 2 is 1.77 bits per heavy atom. The quantitative estimate of drug-likeness (QED) is 0.215. The summed E-state index contributed by atoms with van der Waals surface area (Å²) in [7, 11) is -0.00169. The van der Waals surface area contributed by atoms with Gasteiger partial charge in [0.15, 0.2) is 8.32 Å². The Morgan fingerprint density at radius 3 is 2.18 bits per heavy atom. The van der Waals surface area contributed by atoms with Crippen molar-refractivity contribution in [1.29, 1.82) is 0 Å². The minimum Gasteiger partial charge on any atom is -0.416 e. The summed E-state index contributed by atoms with van der Waals surface area (Å²) in [6, 6.07) is 0. The van der Waals surface area contributed by atoms with E-state index in [0.29, 0.717) is 18.6 Å². The summed E-state index contributed by atoms with van der Waals surface area (Å²) in [6.45, 7) is 17.2. The van der Waals surface area contributed by atoms with Gasteiger partial charge >= 0.3 is 0 Å². The van der Waals surface area contributed by atoms with E-state index in [9.17, 15) is 0 Å². The number of rotatable bonds is 9. The molecular formula is C17H35IO3Si. The van der Waals surface area contributed by atoms with Gasteiger partial charge in [0, 0.05) is 23.6 Å². The summed E-state index contributed by atoms with van der Waals surface area (Å²) in [5.41, 5.74) is 0. The molecule has 0 aromatic carbocycles. The Hall–Kier alpha value is 0.827. The molecule has 1 rings (SSSR count). The molecule has 1 fully saturated rings. The summed E-state index contributed by atoms with van der Waals surface area (Å²) < 4.78 is 18.4. The van der Waals surface area contributed by atoms with E-state index in [2.05, 4.69) is 70.3 Å². The molecule has 0 radical (unpaired) electrons. The summed E-state index contributed by atoms with van der Waals surface area (Å²) in [4.78, 5) is 0. The maximum absolute atomic E-state index is 6.41. The van der Waals surface area contributed by atoms with Gasteiger partial charge in [-0.05, 0) is 36.4 Å². The molecule has 5 atom stereocenters. The first-order chi connectivity index (χ1) is 10.0. The van der Waals surface area contributed by atoms with Gasteiger partial charge < -0.3 is 13.9 Å². The number of alkyl halides is 1. The SMILES string of the molecule is COCO[C@H]([C@@H](C)[C@@H]1C[C@@H]1I)[C@@H](C)CO[Si](C)(C)C(C)(C)C. The van der Waals surface area contributed by atoms with Crippen LogP contribution in [0.25, 0.3) is 0 Å². The molecule has 0 aromatic rings. The topological polar surface area (TPSA) is 27.7 Å². The molecule has 3 nitrogen and oxygen atoms in total. The minimum atomic E-state index is -1.69. The van der Waals surface area contributed by atoms with Gasteiger partial charge in [-0.25, -0.2) is 0 Å². The van der Waals surface area contributed by atoms with Crippen molar-refractivity contribution in [2.75, 3.05) is 20.5 Å². The van der Waals surface area contributed by atoms with Crippen molar-refractivity contribution in [3.05, 3.63) is 0 Å². The molecule has 1 saturated carbocycles. The molecule has 1 aliphatic carbocycles. The lowest BCUT2D eigenvalue weighted by molar-refractivity contribution is -0.115. The molecule has 0 N–H and O–H groups in total.